The Morgan fingerprint density at radius 3 is 2.87 bits per heavy atom. The molecule has 0 aliphatic carbocycles. The number of nitrogens with one attached hydrogen (secondary N) is 2. The highest BCUT2D eigenvalue weighted by Crippen LogP contribution is 2.36. The number of fused-ring (bicyclic) bond motifs is 2. The van der Waals surface area contributed by atoms with Gasteiger partial charge in [0.05, 0.1) is 11.3 Å². The summed E-state index contributed by atoms with van der Waals surface area (Å²) in [6, 6.07) is 12.1. The van der Waals surface area contributed by atoms with Crippen LogP contribution in [0.15, 0.2) is 42.5 Å². The van der Waals surface area contributed by atoms with Crippen molar-refractivity contribution in [3.05, 3.63) is 48.0 Å². The minimum atomic E-state index is -0.286. The van der Waals surface area contributed by atoms with Gasteiger partial charge in [0, 0.05) is 12.3 Å². The molecule has 2 aromatic rings. The average molecular weight is 312 g/mol. The molecule has 0 saturated carbocycles. The molecule has 0 unspecified atom stereocenters. The summed E-state index contributed by atoms with van der Waals surface area (Å²) in [5.74, 6) is 0.457. The van der Waals surface area contributed by atoms with Crippen molar-refractivity contribution in [2.75, 3.05) is 23.8 Å². The van der Waals surface area contributed by atoms with Gasteiger partial charge in [-0.2, -0.15) is 0 Å². The van der Waals surface area contributed by atoms with Gasteiger partial charge in [0.1, 0.15) is 12.4 Å². The summed E-state index contributed by atoms with van der Waals surface area (Å²) in [7, 11) is 0. The molecular formula is C17H16N2O4. The van der Waals surface area contributed by atoms with E-state index in [2.05, 4.69) is 10.6 Å². The van der Waals surface area contributed by atoms with Crippen LogP contribution in [0.1, 0.15) is 17.3 Å². The van der Waals surface area contributed by atoms with Crippen LogP contribution in [0.3, 0.4) is 0 Å². The fourth-order valence-corrected chi connectivity index (χ4v) is 2.23. The molecule has 0 bridgehead atoms. The van der Waals surface area contributed by atoms with E-state index in [9.17, 15) is 9.59 Å². The molecule has 118 valence electrons. The second kappa shape index (κ2) is 6.50. The van der Waals surface area contributed by atoms with Crippen LogP contribution < -0.4 is 15.4 Å². The zero-order valence-corrected chi connectivity index (χ0v) is 12.6. The highest BCUT2D eigenvalue weighted by atomic mass is 16.5. The summed E-state index contributed by atoms with van der Waals surface area (Å²) in [5, 5.41) is 5.48. The summed E-state index contributed by atoms with van der Waals surface area (Å²) in [6.07, 6.45) is 0. The first-order chi connectivity index (χ1) is 11.2. The van der Waals surface area contributed by atoms with Crippen molar-refractivity contribution in [2.45, 2.75) is 6.92 Å². The third-order valence-electron chi connectivity index (χ3n) is 3.30. The molecule has 0 radical (unpaired) electrons. The first-order valence-corrected chi connectivity index (χ1v) is 7.27. The third-order valence-corrected chi connectivity index (χ3v) is 3.30. The fourth-order valence-electron chi connectivity index (χ4n) is 2.23. The first kappa shape index (κ1) is 15.1. The Bertz CT molecular complexity index is 758. The Morgan fingerprint density at radius 1 is 1.22 bits per heavy atom. The molecule has 1 heterocycles. The second-order valence-corrected chi connectivity index (χ2v) is 4.95. The van der Waals surface area contributed by atoms with Crippen LogP contribution in [0, 0.1) is 0 Å². The molecule has 3 rings (SSSR count). The average Bonchev–Trinajstić information content (AvgIpc) is 2.69. The predicted octanol–water partition coefficient (Wildman–Crippen LogP) is 3.02. The largest absolute Gasteiger partial charge is 0.454 e. The van der Waals surface area contributed by atoms with Gasteiger partial charge in [-0.3, -0.25) is 9.59 Å². The van der Waals surface area contributed by atoms with Crippen molar-refractivity contribution in [3.63, 3.8) is 0 Å². The van der Waals surface area contributed by atoms with E-state index in [0.29, 0.717) is 35.0 Å². The summed E-state index contributed by atoms with van der Waals surface area (Å²) < 4.78 is 10.8. The van der Waals surface area contributed by atoms with E-state index < -0.39 is 0 Å². The van der Waals surface area contributed by atoms with Crippen LogP contribution in [0.25, 0.3) is 0 Å². The number of amides is 2. The van der Waals surface area contributed by atoms with Gasteiger partial charge in [-0.05, 0) is 37.3 Å². The number of carbonyl (C=O) groups is 2. The number of hydrogen-bond donors (Lipinski definition) is 2. The van der Waals surface area contributed by atoms with Crippen LogP contribution in [-0.2, 0) is 9.53 Å². The zero-order valence-electron chi connectivity index (χ0n) is 12.6. The van der Waals surface area contributed by atoms with Crippen LogP contribution in [-0.4, -0.2) is 25.0 Å². The molecule has 0 atom stereocenters. The highest BCUT2D eigenvalue weighted by molar-refractivity contribution is 6.09. The Hall–Kier alpha value is -2.86. The van der Waals surface area contributed by atoms with Gasteiger partial charge >= 0.3 is 0 Å². The van der Waals surface area contributed by atoms with E-state index in [-0.39, 0.29) is 18.4 Å². The van der Waals surface area contributed by atoms with E-state index in [1.807, 2.05) is 19.1 Å². The predicted molar refractivity (Wildman–Crippen MR) is 86.0 cm³/mol. The van der Waals surface area contributed by atoms with E-state index in [0.717, 1.165) is 0 Å². The van der Waals surface area contributed by atoms with Gasteiger partial charge in [0.2, 0.25) is 5.91 Å². The van der Waals surface area contributed by atoms with Crippen LogP contribution in [0.2, 0.25) is 0 Å². The molecule has 2 aromatic carbocycles. The summed E-state index contributed by atoms with van der Waals surface area (Å²) in [4.78, 5) is 24.0. The molecule has 6 nitrogen and oxygen atoms in total. The maximum absolute atomic E-state index is 12.3. The molecule has 1 aliphatic heterocycles. The molecule has 2 N–H and O–H groups in total. The zero-order chi connectivity index (χ0) is 16.2. The smallest absolute Gasteiger partial charge is 0.259 e. The summed E-state index contributed by atoms with van der Waals surface area (Å²) in [5.41, 5.74) is 1.48. The lowest BCUT2D eigenvalue weighted by Gasteiger charge is -2.09. The SMILES string of the molecule is CCOCC(=O)Nc1ccc2c(c1)C(=O)Nc1ccccc1O2. The lowest BCUT2D eigenvalue weighted by molar-refractivity contribution is -0.120. The van der Waals surface area contributed by atoms with Gasteiger partial charge in [-0.15, -0.1) is 0 Å². The fraction of sp³-hybridized carbons (Fsp3) is 0.176. The maximum Gasteiger partial charge on any atom is 0.259 e. The van der Waals surface area contributed by atoms with Gasteiger partial charge < -0.3 is 20.1 Å². The number of rotatable bonds is 4. The number of anilines is 2. The van der Waals surface area contributed by atoms with Gasteiger partial charge in [-0.1, -0.05) is 12.1 Å². The van der Waals surface area contributed by atoms with E-state index >= 15 is 0 Å². The van der Waals surface area contributed by atoms with E-state index in [1.165, 1.54) is 0 Å². The summed E-state index contributed by atoms with van der Waals surface area (Å²) in [6.45, 7) is 2.25. The Kier molecular flexibility index (Phi) is 4.25. The van der Waals surface area contributed by atoms with Gasteiger partial charge in [0.15, 0.2) is 5.75 Å². The number of para-hydroxylation sites is 2. The molecule has 0 aromatic heterocycles. The minimum absolute atomic E-state index is 0.0261. The summed E-state index contributed by atoms with van der Waals surface area (Å²) >= 11 is 0. The molecule has 0 saturated heterocycles. The number of benzene rings is 2. The number of hydrogen-bond acceptors (Lipinski definition) is 4. The van der Waals surface area contributed by atoms with Crippen molar-refractivity contribution in [1.82, 2.24) is 0 Å². The number of carbonyl (C=O) groups excluding carboxylic acids is 2. The normalized spacial score (nSPS) is 12.3. The molecule has 2 amide bonds. The Balaban J connectivity index is 1.85. The maximum atomic E-state index is 12.3. The molecule has 0 fully saturated rings. The van der Waals surface area contributed by atoms with Crippen molar-refractivity contribution < 1.29 is 19.1 Å². The van der Waals surface area contributed by atoms with E-state index in [1.54, 1.807) is 30.3 Å². The standard InChI is InChI=1S/C17H16N2O4/c1-2-22-10-16(20)18-11-7-8-14-12(9-11)17(21)19-13-5-3-4-6-15(13)23-14/h3-9H,2,10H2,1H3,(H,18,20)(H,19,21). The third kappa shape index (κ3) is 3.32. The lowest BCUT2D eigenvalue weighted by atomic mass is 10.1. The van der Waals surface area contributed by atoms with Crippen LogP contribution in [0.5, 0.6) is 11.5 Å². The van der Waals surface area contributed by atoms with Crippen molar-refractivity contribution in [3.8, 4) is 11.5 Å². The Labute approximate surface area is 133 Å². The van der Waals surface area contributed by atoms with Crippen molar-refractivity contribution in [1.29, 1.82) is 0 Å². The molecule has 1 aliphatic rings. The highest BCUT2D eigenvalue weighted by Gasteiger charge is 2.21. The molecule has 0 spiro atoms. The van der Waals surface area contributed by atoms with Crippen LogP contribution >= 0.6 is 0 Å². The van der Waals surface area contributed by atoms with Gasteiger partial charge in [0.25, 0.3) is 5.91 Å². The minimum Gasteiger partial charge on any atom is -0.454 e. The van der Waals surface area contributed by atoms with Gasteiger partial charge in [-0.25, -0.2) is 0 Å². The van der Waals surface area contributed by atoms with Crippen molar-refractivity contribution >= 4 is 23.2 Å². The molecule has 6 heteroatoms. The number of ether oxygens (including phenoxy) is 2. The molecule has 23 heavy (non-hydrogen) atoms. The molecular weight excluding hydrogens is 296 g/mol. The Morgan fingerprint density at radius 2 is 2.04 bits per heavy atom. The van der Waals surface area contributed by atoms with Crippen molar-refractivity contribution in [2.24, 2.45) is 0 Å². The monoisotopic (exact) mass is 312 g/mol. The first-order valence-electron chi connectivity index (χ1n) is 7.27. The second-order valence-electron chi connectivity index (χ2n) is 4.95. The quantitative estimate of drug-likeness (QED) is 0.910. The van der Waals surface area contributed by atoms with E-state index in [4.69, 9.17) is 9.47 Å². The topological polar surface area (TPSA) is 76.7 Å². The lowest BCUT2D eigenvalue weighted by Crippen LogP contribution is -2.18. The van der Waals surface area contributed by atoms with Crippen LogP contribution in [0.4, 0.5) is 11.4 Å².